The standard InChI is InChI=1S/C39H34N4O3.Pt/c1-23-17-18-40-35(19-23)42-33-14-9-8-13-31(33)32-16-15-30(22-34(32)42)46-29-12-10-11-28(21-29)43-39(45-7)37(38(41-43)44-6)36-25(3)20-24(2)26(4)27(36)5;/h8-20H,1-7H3;/q-2;+2. The van der Waals surface area contributed by atoms with Crippen molar-refractivity contribution in [3.05, 3.63) is 119 Å². The van der Waals surface area contributed by atoms with Gasteiger partial charge in [-0.2, -0.15) is 12.1 Å². The third-order valence-corrected chi connectivity index (χ3v) is 8.69. The maximum absolute atomic E-state index is 6.39. The number of aryl methyl sites for hydroxylation is 3. The van der Waals surface area contributed by atoms with Gasteiger partial charge in [0.1, 0.15) is 11.4 Å². The fraction of sp³-hybridized carbons (Fsp3) is 0.179. The zero-order valence-corrected chi connectivity index (χ0v) is 29.6. The Morgan fingerprint density at radius 3 is 2.26 bits per heavy atom. The predicted octanol–water partition coefficient (Wildman–Crippen LogP) is 8.98. The van der Waals surface area contributed by atoms with Gasteiger partial charge in [-0.15, -0.1) is 40.8 Å². The first-order chi connectivity index (χ1) is 22.3. The van der Waals surface area contributed by atoms with Crippen LogP contribution in [-0.4, -0.2) is 33.6 Å². The van der Waals surface area contributed by atoms with E-state index >= 15 is 0 Å². The van der Waals surface area contributed by atoms with Crippen LogP contribution in [0, 0.1) is 46.8 Å². The molecular formula is C39H34N4O3Pt. The van der Waals surface area contributed by atoms with Gasteiger partial charge in [-0.25, -0.2) is 9.67 Å². The molecule has 0 aliphatic heterocycles. The van der Waals surface area contributed by atoms with Crippen molar-refractivity contribution >= 4 is 21.8 Å². The second-order valence-corrected chi connectivity index (χ2v) is 11.6. The molecule has 0 saturated heterocycles. The van der Waals surface area contributed by atoms with Gasteiger partial charge in [0.15, 0.2) is 0 Å². The van der Waals surface area contributed by atoms with Crippen LogP contribution < -0.4 is 14.2 Å². The topological polar surface area (TPSA) is 63.3 Å². The van der Waals surface area contributed by atoms with Crippen molar-refractivity contribution < 1.29 is 35.3 Å². The van der Waals surface area contributed by atoms with Crippen LogP contribution in [0.5, 0.6) is 23.3 Å². The molecule has 0 atom stereocenters. The molecule has 8 heteroatoms. The van der Waals surface area contributed by atoms with E-state index in [1.54, 1.807) is 18.9 Å². The Hall–Kier alpha value is -4.87. The van der Waals surface area contributed by atoms with Crippen molar-refractivity contribution in [2.24, 2.45) is 0 Å². The van der Waals surface area contributed by atoms with E-state index in [1.165, 1.54) is 16.7 Å². The summed E-state index contributed by atoms with van der Waals surface area (Å²) in [5.74, 6) is 2.94. The number of methoxy groups -OCH3 is 2. The molecule has 0 fully saturated rings. The molecule has 0 unspecified atom stereocenters. The average Bonchev–Trinajstić information content (AvgIpc) is 3.59. The van der Waals surface area contributed by atoms with Crippen molar-refractivity contribution in [2.45, 2.75) is 34.6 Å². The summed E-state index contributed by atoms with van der Waals surface area (Å²) in [6.45, 7) is 10.6. The number of fused-ring (bicyclic) bond motifs is 3. The maximum Gasteiger partial charge on any atom is 2.00 e. The monoisotopic (exact) mass is 801 g/mol. The van der Waals surface area contributed by atoms with E-state index in [2.05, 4.69) is 86.6 Å². The molecule has 0 N–H and O–H groups in total. The molecular weight excluding hydrogens is 768 g/mol. The fourth-order valence-corrected chi connectivity index (χ4v) is 6.31. The number of hydrogen-bond donors (Lipinski definition) is 0. The zero-order valence-electron chi connectivity index (χ0n) is 27.3. The molecule has 0 aliphatic carbocycles. The quantitative estimate of drug-likeness (QED) is 0.151. The summed E-state index contributed by atoms with van der Waals surface area (Å²) in [4.78, 5) is 4.68. The van der Waals surface area contributed by atoms with Crippen LogP contribution in [-0.2, 0) is 21.1 Å². The molecule has 0 bridgehead atoms. The van der Waals surface area contributed by atoms with Gasteiger partial charge in [0.25, 0.3) is 0 Å². The molecule has 7 nitrogen and oxygen atoms in total. The average molecular weight is 802 g/mol. The van der Waals surface area contributed by atoms with Gasteiger partial charge in [-0.3, -0.25) is 0 Å². The first-order valence-corrected chi connectivity index (χ1v) is 15.2. The molecule has 0 saturated carbocycles. The van der Waals surface area contributed by atoms with Crippen LogP contribution in [0.4, 0.5) is 0 Å². The van der Waals surface area contributed by atoms with E-state index < -0.39 is 0 Å². The van der Waals surface area contributed by atoms with Crippen LogP contribution >= 0.6 is 0 Å². The van der Waals surface area contributed by atoms with Gasteiger partial charge in [-0.1, -0.05) is 29.8 Å². The van der Waals surface area contributed by atoms with E-state index in [4.69, 9.17) is 19.3 Å². The fourth-order valence-electron chi connectivity index (χ4n) is 6.31. The Morgan fingerprint density at radius 2 is 1.49 bits per heavy atom. The number of para-hydroxylation sites is 1. The summed E-state index contributed by atoms with van der Waals surface area (Å²) in [5, 5.41) is 7.01. The molecule has 3 aromatic heterocycles. The molecule has 238 valence electrons. The summed E-state index contributed by atoms with van der Waals surface area (Å²) < 4.78 is 22.0. The maximum atomic E-state index is 6.39. The normalized spacial score (nSPS) is 11.1. The number of aromatic nitrogens is 4. The van der Waals surface area contributed by atoms with Crippen LogP contribution in [0.1, 0.15) is 27.8 Å². The van der Waals surface area contributed by atoms with Crippen LogP contribution in [0.15, 0.2) is 79.0 Å². The van der Waals surface area contributed by atoms with Crippen molar-refractivity contribution in [2.75, 3.05) is 14.2 Å². The zero-order chi connectivity index (χ0) is 32.1. The van der Waals surface area contributed by atoms with Crippen molar-refractivity contribution in [3.8, 4) is 45.9 Å². The second-order valence-electron chi connectivity index (χ2n) is 11.6. The van der Waals surface area contributed by atoms with Crippen LogP contribution in [0.2, 0.25) is 0 Å². The molecule has 4 aromatic carbocycles. The van der Waals surface area contributed by atoms with E-state index in [-0.39, 0.29) is 21.1 Å². The Balaban J connectivity index is 0.00000386. The van der Waals surface area contributed by atoms with E-state index in [0.717, 1.165) is 49.9 Å². The van der Waals surface area contributed by atoms with E-state index in [9.17, 15) is 0 Å². The summed E-state index contributed by atoms with van der Waals surface area (Å²) in [7, 11) is 3.27. The Kier molecular flexibility index (Phi) is 8.69. The number of rotatable bonds is 7. The summed E-state index contributed by atoms with van der Waals surface area (Å²) in [6.07, 6.45) is 1.83. The van der Waals surface area contributed by atoms with Gasteiger partial charge in [-0.05, 0) is 97.3 Å². The molecule has 0 aliphatic rings. The van der Waals surface area contributed by atoms with Gasteiger partial charge in [0.05, 0.1) is 14.2 Å². The number of hydrogen-bond acceptors (Lipinski definition) is 5. The van der Waals surface area contributed by atoms with Gasteiger partial charge >= 0.3 is 21.1 Å². The van der Waals surface area contributed by atoms with E-state index in [1.807, 2.05) is 48.7 Å². The molecule has 0 amide bonds. The predicted molar refractivity (Wildman–Crippen MR) is 182 cm³/mol. The minimum Gasteiger partial charge on any atom is -0.509 e. The van der Waals surface area contributed by atoms with Gasteiger partial charge in [0, 0.05) is 23.2 Å². The summed E-state index contributed by atoms with van der Waals surface area (Å²) in [6, 6.07) is 31.2. The minimum atomic E-state index is 0. The first kappa shape index (κ1) is 32.1. The molecule has 3 heterocycles. The Bertz CT molecular complexity index is 2290. The third-order valence-electron chi connectivity index (χ3n) is 8.69. The molecule has 7 aromatic rings. The number of nitrogens with zero attached hydrogens (tertiary/aromatic N) is 4. The Labute approximate surface area is 289 Å². The van der Waals surface area contributed by atoms with Crippen molar-refractivity contribution in [1.82, 2.24) is 19.3 Å². The van der Waals surface area contributed by atoms with Crippen LogP contribution in [0.3, 0.4) is 0 Å². The Morgan fingerprint density at radius 1 is 0.702 bits per heavy atom. The number of pyridine rings is 1. The van der Waals surface area contributed by atoms with Crippen molar-refractivity contribution in [3.63, 3.8) is 0 Å². The number of benzene rings is 4. The van der Waals surface area contributed by atoms with Gasteiger partial charge < -0.3 is 18.8 Å². The molecule has 0 radical (unpaired) electrons. The van der Waals surface area contributed by atoms with Crippen molar-refractivity contribution in [1.29, 1.82) is 0 Å². The van der Waals surface area contributed by atoms with Gasteiger partial charge in [0.2, 0.25) is 11.8 Å². The smallest absolute Gasteiger partial charge is 0.509 e. The summed E-state index contributed by atoms with van der Waals surface area (Å²) >= 11 is 0. The third kappa shape index (κ3) is 5.49. The largest absolute Gasteiger partial charge is 2.00 e. The first-order valence-electron chi connectivity index (χ1n) is 15.2. The summed E-state index contributed by atoms with van der Waals surface area (Å²) in [5.41, 5.74) is 10.3. The molecule has 47 heavy (non-hydrogen) atoms. The van der Waals surface area contributed by atoms with Crippen LogP contribution in [0.25, 0.3) is 44.4 Å². The second kappa shape index (κ2) is 12.7. The molecule has 0 spiro atoms. The minimum absolute atomic E-state index is 0. The SMILES string of the molecule is COc1nn(-c2[c-]c(Oc3[c-]c4c(cc3)c3ccccc3n4-c3cc(C)ccn3)ccc2)c(OC)c1-c1c(C)cc(C)c(C)c1C.[Pt+2]. The number of ether oxygens (including phenoxy) is 3. The molecule has 7 rings (SSSR count). The van der Waals surface area contributed by atoms with E-state index in [0.29, 0.717) is 28.9 Å².